The molecule has 2 aliphatic heterocycles. The first-order valence-electron chi connectivity index (χ1n) is 10.3. The molecule has 1 unspecified atom stereocenters. The van der Waals surface area contributed by atoms with Crippen LogP contribution in [-0.4, -0.2) is 67.9 Å². The van der Waals surface area contributed by atoms with Gasteiger partial charge in [-0.1, -0.05) is 24.3 Å². The van der Waals surface area contributed by atoms with E-state index in [1.807, 2.05) is 4.90 Å². The molecule has 0 N–H and O–H groups in total. The molecule has 2 heterocycles. The summed E-state index contributed by atoms with van der Waals surface area (Å²) in [6, 6.07) is 9.05. The van der Waals surface area contributed by atoms with Gasteiger partial charge in [0.1, 0.15) is 0 Å². The van der Waals surface area contributed by atoms with Crippen molar-refractivity contribution in [2.45, 2.75) is 44.6 Å². The smallest absolute Gasteiger partial charge is 0.222 e. The second-order valence-electron chi connectivity index (χ2n) is 8.38. The van der Waals surface area contributed by atoms with Crippen LogP contribution in [0.25, 0.3) is 0 Å². The molecule has 0 bridgehead atoms. The van der Waals surface area contributed by atoms with Gasteiger partial charge in [0.2, 0.25) is 5.91 Å². The lowest BCUT2D eigenvalue weighted by Gasteiger charge is -2.40. The van der Waals surface area contributed by atoms with Crippen LogP contribution in [0.4, 0.5) is 0 Å². The molecule has 1 aliphatic carbocycles. The molecule has 0 aromatic heterocycles. The lowest BCUT2D eigenvalue weighted by molar-refractivity contribution is -0.133. The van der Waals surface area contributed by atoms with Crippen LogP contribution in [0.3, 0.4) is 0 Å². The summed E-state index contributed by atoms with van der Waals surface area (Å²) in [5, 5.41) is 0. The monoisotopic (exact) mass is 390 g/mol. The van der Waals surface area contributed by atoms with Crippen LogP contribution in [0, 0.1) is 5.92 Å². The number of hydrogen-bond acceptors (Lipinski definition) is 4. The normalized spacial score (nSPS) is 26.5. The highest BCUT2D eigenvalue weighted by Crippen LogP contribution is 2.28. The van der Waals surface area contributed by atoms with Crippen molar-refractivity contribution in [2.75, 3.05) is 37.7 Å². The molecule has 27 heavy (non-hydrogen) atoms. The average Bonchev–Trinajstić information content (AvgIpc) is 2.68. The third kappa shape index (κ3) is 4.54. The van der Waals surface area contributed by atoms with Crippen LogP contribution in [0.5, 0.6) is 0 Å². The van der Waals surface area contributed by atoms with Gasteiger partial charge in [-0.05, 0) is 49.1 Å². The Labute approximate surface area is 162 Å². The Bertz CT molecular complexity index is 770. The lowest BCUT2D eigenvalue weighted by Crippen LogP contribution is -2.51. The van der Waals surface area contributed by atoms with Crippen molar-refractivity contribution in [1.29, 1.82) is 0 Å². The second kappa shape index (κ2) is 7.92. The predicted molar refractivity (Wildman–Crippen MR) is 106 cm³/mol. The van der Waals surface area contributed by atoms with E-state index in [9.17, 15) is 13.2 Å². The van der Waals surface area contributed by atoms with E-state index in [-0.39, 0.29) is 11.5 Å². The number of amides is 1. The molecule has 1 amide bonds. The SMILES string of the molecule is O=C(CC1CCc2ccccc2C1)N1CCC(N2CCS(=O)(=O)CC2)CC1. The molecule has 148 valence electrons. The van der Waals surface area contributed by atoms with Gasteiger partial charge >= 0.3 is 0 Å². The number of sulfone groups is 1. The zero-order valence-electron chi connectivity index (χ0n) is 16.0. The van der Waals surface area contributed by atoms with E-state index < -0.39 is 9.84 Å². The summed E-state index contributed by atoms with van der Waals surface area (Å²) < 4.78 is 23.2. The molecule has 0 spiro atoms. The summed E-state index contributed by atoms with van der Waals surface area (Å²) in [5.74, 6) is 1.35. The van der Waals surface area contributed by atoms with E-state index >= 15 is 0 Å². The van der Waals surface area contributed by atoms with E-state index in [1.165, 1.54) is 11.1 Å². The van der Waals surface area contributed by atoms with Crippen LogP contribution in [0.1, 0.15) is 36.8 Å². The molecular weight excluding hydrogens is 360 g/mol. The number of carbonyl (C=O) groups excluding carboxylic acids is 1. The molecule has 1 aromatic carbocycles. The third-order valence-electron chi connectivity index (χ3n) is 6.62. The summed E-state index contributed by atoms with van der Waals surface area (Å²) >= 11 is 0. The quantitative estimate of drug-likeness (QED) is 0.791. The number of fused-ring (bicyclic) bond motifs is 1. The first-order valence-corrected chi connectivity index (χ1v) is 12.1. The van der Waals surface area contributed by atoms with Crippen molar-refractivity contribution in [3.63, 3.8) is 0 Å². The van der Waals surface area contributed by atoms with Gasteiger partial charge in [0.25, 0.3) is 0 Å². The molecule has 6 heteroatoms. The van der Waals surface area contributed by atoms with E-state index in [2.05, 4.69) is 29.2 Å². The molecule has 0 radical (unpaired) electrons. The fraction of sp³-hybridized carbons (Fsp3) is 0.667. The van der Waals surface area contributed by atoms with E-state index in [4.69, 9.17) is 0 Å². The molecule has 0 saturated carbocycles. The molecule has 3 aliphatic rings. The van der Waals surface area contributed by atoms with E-state index in [0.29, 0.717) is 37.4 Å². The zero-order valence-corrected chi connectivity index (χ0v) is 16.8. The third-order valence-corrected chi connectivity index (χ3v) is 8.23. The lowest BCUT2D eigenvalue weighted by atomic mass is 9.82. The molecule has 1 atom stereocenters. The maximum absolute atomic E-state index is 12.8. The zero-order chi connectivity index (χ0) is 18.9. The van der Waals surface area contributed by atoms with Gasteiger partial charge in [0.15, 0.2) is 9.84 Å². The number of piperidine rings is 1. The van der Waals surface area contributed by atoms with Crippen molar-refractivity contribution in [3.8, 4) is 0 Å². The number of benzene rings is 1. The van der Waals surface area contributed by atoms with Crippen LogP contribution in [-0.2, 0) is 27.5 Å². The van der Waals surface area contributed by atoms with Crippen LogP contribution < -0.4 is 0 Å². The largest absolute Gasteiger partial charge is 0.343 e. The number of nitrogens with zero attached hydrogens (tertiary/aromatic N) is 2. The summed E-state index contributed by atoms with van der Waals surface area (Å²) in [6.45, 7) is 2.94. The average molecular weight is 391 g/mol. The van der Waals surface area contributed by atoms with Crippen LogP contribution in [0.15, 0.2) is 24.3 Å². The van der Waals surface area contributed by atoms with E-state index in [0.717, 1.165) is 45.2 Å². The number of aryl methyl sites for hydroxylation is 1. The van der Waals surface area contributed by atoms with Crippen molar-refractivity contribution in [2.24, 2.45) is 5.92 Å². The number of hydrogen-bond donors (Lipinski definition) is 0. The van der Waals surface area contributed by atoms with Gasteiger partial charge < -0.3 is 4.90 Å². The standard InChI is InChI=1S/C21H30N2O3S/c24-21(16-17-5-6-18-3-1-2-4-19(18)15-17)23-9-7-20(8-10-23)22-11-13-27(25,26)14-12-22/h1-4,17,20H,5-16H2. The van der Waals surface area contributed by atoms with Gasteiger partial charge in [-0.3, -0.25) is 9.69 Å². The Hall–Kier alpha value is -1.40. The van der Waals surface area contributed by atoms with Crippen molar-refractivity contribution >= 4 is 15.7 Å². The maximum Gasteiger partial charge on any atom is 0.222 e. The Kier molecular flexibility index (Phi) is 5.55. The first-order chi connectivity index (χ1) is 13.0. The van der Waals surface area contributed by atoms with Gasteiger partial charge in [0.05, 0.1) is 11.5 Å². The Morgan fingerprint density at radius 2 is 1.63 bits per heavy atom. The number of likely N-dealkylation sites (tertiary alicyclic amines) is 1. The number of carbonyl (C=O) groups is 1. The fourth-order valence-electron chi connectivity index (χ4n) is 4.90. The molecule has 1 aromatic rings. The van der Waals surface area contributed by atoms with Crippen molar-refractivity contribution in [1.82, 2.24) is 9.80 Å². The Morgan fingerprint density at radius 1 is 0.963 bits per heavy atom. The molecule has 4 rings (SSSR count). The number of rotatable bonds is 3. The molecule has 5 nitrogen and oxygen atoms in total. The van der Waals surface area contributed by atoms with Crippen LogP contribution >= 0.6 is 0 Å². The topological polar surface area (TPSA) is 57.7 Å². The van der Waals surface area contributed by atoms with Crippen LogP contribution in [0.2, 0.25) is 0 Å². The summed E-state index contributed by atoms with van der Waals surface area (Å²) in [7, 11) is -2.82. The highest BCUT2D eigenvalue weighted by molar-refractivity contribution is 7.91. The van der Waals surface area contributed by atoms with Gasteiger partial charge in [-0.2, -0.15) is 0 Å². The van der Waals surface area contributed by atoms with Crippen molar-refractivity contribution < 1.29 is 13.2 Å². The molecule has 2 fully saturated rings. The van der Waals surface area contributed by atoms with E-state index in [1.54, 1.807) is 0 Å². The summed E-state index contributed by atoms with van der Waals surface area (Å²) in [4.78, 5) is 17.1. The van der Waals surface area contributed by atoms with Crippen molar-refractivity contribution in [3.05, 3.63) is 35.4 Å². The summed E-state index contributed by atoms with van der Waals surface area (Å²) in [6.07, 6.45) is 5.84. The maximum atomic E-state index is 12.8. The highest BCUT2D eigenvalue weighted by atomic mass is 32.2. The second-order valence-corrected chi connectivity index (χ2v) is 10.7. The van der Waals surface area contributed by atoms with Gasteiger partial charge in [-0.25, -0.2) is 8.42 Å². The van der Waals surface area contributed by atoms with Gasteiger partial charge in [-0.15, -0.1) is 0 Å². The minimum atomic E-state index is -2.82. The Balaban J connectivity index is 1.25. The molecular formula is C21H30N2O3S. The first kappa shape index (κ1) is 18.9. The predicted octanol–water partition coefficient (Wildman–Crippen LogP) is 1.90. The van der Waals surface area contributed by atoms with Gasteiger partial charge in [0, 0.05) is 38.6 Å². The summed E-state index contributed by atoms with van der Waals surface area (Å²) in [5.41, 5.74) is 2.87. The minimum absolute atomic E-state index is 0.287. The molecule has 2 saturated heterocycles. The Morgan fingerprint density at radius 3 is 2.33 bits per heavy atom. The minimum Gasteiger partial charge on any atom is -0.343 e. The fourth-order valence-corrected chi connectivity index (χ4v) is 6.13. The highest BCUT2D eigenvalue weighted by Gasteiger charge is 2.31.